The molecule has 1 aromatic heterocycles. The van der Waals surface area contributed by atoms with Crippen molar-refractivity contribution < 1.29 is 13.2 Å². The molecule has 1 fully saturated rings. The second-order valence-corrected chi connectivity index (χ2v) is 11.6. The molecule has 1 N–H and O–H groups in total. The lowest BCUT2D eigenvalue weighted by Gasteiger charge is -2.29. The van der Waals surface area contributed by atoms with Gasteiger partial charge in [-0.3, -0.25) is 9.48 Å². The molecule has 0 saturated carbocycles. The Morgan fingerprint density at radius 2 is 1.66 bits per heavy atom. The predicted molar refractivity (Wildman–Crippen MR) is 138 cm³/mol. The Morgan fingerprint density at radius 1 is 1.00 bits per heavy atom. The monoisotopic (exact) mass is 494 g/mol. The van der Waals surface area contributed by atoms with E-state index in [0.717, 1.165) is 29.7 Å². The Labute approximate surface area is 208 Å². The van der Waals surface area contributed by atoms with Gasteiger partial charge in [-0.25, -0.2) is 8.42 Å². The third-order valence-electron chi connectivity index (χ3n) is 6.97. The number of hydrogen-bond acceptors (Lipinski definition) is 4. The maximum atomic E-state index is 13.3. The molecule has 1 aliphatic rings. The van der Waals surface area contributed by atoms with Gasteiger partial charge in [0.25, 0.3) is 5.91 Å². The molecule has 0 bridgehead atoms. The second-order valence-electron chi connectivity index (χ2n) is 9.69. The standard InChI is InChI=1S/C27H34N4O3S/c1-18-12-14-30(15-13-18)35(33,34)26-21(4)29-31(22(26)5)17-23-7-9-24(10-8-23)27(32)28-25-11-6-19(2)20(3)16-25/h6-11,16,18H,12-15,17H2,1-5H3,(H,28,32). The van der Waals surface area contributed by atoms with Gasteiger partial charge in [0.1, 0.15) is 4.90 Å². The number of carbonyl (C=O) groups is 1. The van der Waals surface area contributed by atoms with Gasteiger partial charge in [0.15, 0.2) is 0 Å². The first kappa shape index (κ1) is 25.1. The highest BCUT2D eigenvalue weighted by atomic mass is 32.2. The Kier molecular flexibility index (Phi) is 7.15. The van der Waals surface area contributed by atoms with E-state index in [2.05, 4.69) is 17.3 Å². The van der Waals surface area contributed by atoms with E-state index in [9.17, 15) is 13.2 Å². The Bertz CT molecular complexity index is 1340. The van der Waals surface area contributed by atoms with Crippen molar-refractivity contribution in [1.82, 2.24) is 14.1 Å². The summed E-state index contributed by atoms with van der Waals surface area (Å²) in [5.41, 5.74) is 5.72. The maximum absolute atomic E-state index is 13.3. The molecule has 1 saturated heterocycles. The number of nitrogens with one attached hydrogen (secondary N) is 1. The zero-order valence-corrected chi connectivity index (χ0v) is 21.9. The molecule has 0 unspecified atom stereocenters. The Balaban J connectivity index is 1.48. The summed E-state index contributed by atoms with van der Waals surface area (Å²) in [7, 11) is -3.57. The molecule has 0 aliphatic carbocycles. The molecule has 186 valence electrons. The van der Waals surface area contributed by atoms with Crippen LogP contribution in [-0.4, -0.2) is 41.5 Å². The third-order valence-corrected chi connectivity index (χ3v) is 9.12. The van der Waals surface area contributed by atoms with Crippen LogP contribution in [0.25, 0.3) is 0 Å². The number of nitrogens with zero attached hydrogens (tertiary/aromatic N) is 3. The number of aromatic nitrogens is 2. The largest absolute Gasteiger partial charge is 0.322 e. The minimum Gasteiger partial charge on any atom is -0.322 e. The molecule has 0 atom stereocenters. The molecule has 2 heterocycles. The summed E-state index contributed by atoms with van der Waals surface area (Å²) >= 11 is 0. The molecule has 35 heavy (non-hydrogen) atoms. The van der Waals surface area contributed by atoms with Crippen LogP contribution >= 0.6 is 0 Å². The zero-order chi connectivity index (χ0) is 25.3. The Morgan fingerprint density at radius 3 is 2.29 bits per heavy atom. The third kappa shape index (κ3) is 5.33. The lowest BCUT2D eigenvalue weighted by molar-refractivity contribution is 0.102. The number of amides is 1. The topological polar surface area (TPSA) is 84.3 Å². The van der Waals surface area contributed by atoms with Crippen molar-refractivity contribution in [2.45, 2.75) is 58.9 Å². The molecule has 7 nitrogen and oxygen atoms in total. The average Bonchev–Trinajstić information content (AvgIpc) is 3.10. The normalized spacial score (nSPS) is 15.3. The lowest BCUT2D eigenvalue weighted by atomic mass is 10.0. The summed E-state index contributed by atoms with van der Waals surface area (Å²) in [6, 6.07) is 13.2. The van der Waals surface area contributed by atoms with Crippen LogP contribution < -0.4 is 5.32 Å². The molecule has 0 radical (unpaired) electrons. The molecular formula is C27H34N4O3S. The van der Waals surface area contributed by atoms with Crippen LogP contribution in [0.1, 0.15) is 58.2 Å². The van der Waals surface area contributed by atoms with Gasteiger partial charge in [0.05, 0.1) is 17.9 Å². The molecule has 4 rings (SSSR count). The summed E-state index contributed by atoms with van der Waals surface area (Å²) in [4.78, 5) is 13.0. The van der Waals surface area contributed by atoms with Crippen LogP contribution in [0.4, 0.5) is 5.69 Å². The van der Waals surface area contributed by atoms with Crippen LogP contribution in [-0.2, 0) is 16.6 Å². The van der Waals surface area contributed by atoms with E-state index in [1.165, 1.54) is 5.56 Å². The fourth-order valence-corrected chi connectivity index (χ4v) is 6.36. The van der Waals surface area contributed by atoms with Gasteiger partial charge in [-0.2, -0.15) is 9.40 Å². The van der Waals surface area contributed by atoms with Crippen molar-refractivity contribution in [1.29, 1.82) is 0 Å². The van der Waals surface area contributed by atoms with Gasteiger partial charge >= 0.3 is 0 Å². The van der Waals surface area contributed by atoms with Crippen LogP contribution in [0.15, 0.2) is 47.4 Å². The van der Waals surface area contributed by atoms with E-state index in [1.54, 1.807) is 28.0 Å². The van der Waals surface area contributed by atoms with Gasteiger partial charge in [-0.15, -0.1) is 0 Å². The number of benzene rings is 2. The summed E-state index contributed by atoms with van der Waals surface area (Å²) in [5, 5.41) is 7.48. The number of sulfonamides is 1. The van der Waals surface area contributed by atoms with Crippen molar-refractivity contribution in [2.24, 2.45) is 5.92 Å². The second kappa shape index (κ2) is 9.95. The highest BCUT2D eigenvalue weighted by molar-refractivity contribution is 7.89. The highest BCUT2D eigenvalue weighted by Crippen LogP contribution is 2.28. The highest BCUT2D eigenvalue weighted by Gasteiger charge is 2.33. The minimum absolute atomic E-state index is 0.171. The van der Waals surface area contributed by atoms with Crippen LogP contribution in [0.3, 0.4) is 0 Å². The quantitative estimate of drug-likeness (QED) is 0.532. The predicted octanol–water partition coefficient (Wildman–Crippen LogP) is 4.84. The van der Waals surface area contributed by atoms with E-state index < -0.39 is 10.0 Å². The van der Waals surface area contributed by atoms with Gasteiger partial charge in [-0.05, 0) is 87.4 Å². The molecule has 1 aliphatic heterocycles. The number of rotatable bonds is 6. The van der Waals surface area contributed by atoms with E-state index in [-0.39, 0.29) is 5.91 Å². The molecule has 1 amide bonds. The Hall–Kier alpha value is -2.97. The van der Waals surface area contributed by atoms with Crippen molar-refractivity contribution in [2.75, 3.05) is 18.4 Å². The zero-order valence-electron chi connectivity index (χ0n) is 21.1. The van der Waals surface area contributed by atoms with E-state index in [4.69, 9.17) is 0 Å². The van der Waals surface area contributed by atoms with Crippen molar-refractivity contribution in [3.63, 3.8) is 0 Å². The lowest BCUT2D eigenvalue weighted by Crippen LogP contribution is -2.38. The van der Waals surface area contributed by atoms with E-state index in [1.807, 2.05) is 51.1 Å². The number of hydrogen-bond donors (Lipinski definition) is 1. The summed E-state index contributed by atoms with van der Waals surface area (Å²) in [6.07, 6.45) is 1.77. The molecular weight excluding hydrogens is 460 g/mol. The summed E-state index contributed by atoms with van der Waals surface area (Å²) in [5.74, 6) is 0.382. The van der Waals surface area contributed by atoms with Gasteiger partial charge in [-0.1, -0.05) is 25.1 Å². The fraction of sp³-hybridized carbons (Fsp3) is 0.407. The number of carbonyl (C=O) groups excluding carboxylic acids is 1. The average molecular weight is 495 g/mol. The number of piperidine rings is 1. The fourth-order valence-electron chi connectivity index (χ4n) is 4.52. The van der Waals surface area contributed by atoms with Crippen molar-refractivity contribution in [3.05, 3.63) is 76.1 Å². The number of aryl methyl sites for hydroxylation is 3. The van der Waals surface area contributed by atoms with Gasteiger partial charge in [0, 0.05) is 24.3 Å². The smallest absolute Gasteiger partial charge is 0.255 e. The van der Waals surface area contributed by atoms with Crippen LogP contribution in [0, 0.1) is 33.6 Å². The first-order chi connectivity index (χ1) is 16.6. The van der Waals surface area contributed by atoms with Crippen LogP contribution in [0.5, 0.6) is 0 Å². The summed E-state index contributed by atoms with van der Waals surface area (Å²) < 4.78 is 30.0. The van der Waals surface area contributed by atoms with Gasteiger partial charge in [0.2, 0.25) is 10.0 Å². The molecule has 0 spiro atoms. The SMILES string of the molecule is Cc1ccc(NC(=O)c2ccc(Cn3nc(C)c(S(=O)(=O)N4CCC(C)CC4)c3C)cc2)cc1C. The number of anilines is 1. The van der Waals surface area contributed by atoms with Crippen LogP contribution in [0.2, 0.25) is 0 Å². The van der Waals surface area contributed by atoms with Gasteiger partial charge < -0.3 is 5.32 Å². The summed E-state index contributed by atoms with van der Waals surface area (Å²) in [6.45, 7) is 11.3. The van der Waals surface area contributed by atoms with Crippen molar-refractivity contribution >= 4 is 21.6 Å². The molecule has 2 aromatic carbocycles. The van der Waals surface area contributed by atoms with Crippen molar-refractivity contribution in [3.8, 4) is 0 Å². The minimum atomic E-state index is -3.57. The molecule has 8 heteroatoms. The van der Waals surface area contributed by atoms with E-state index in [0.29, 0.717) is 47.4 Å². The van der Waals surface area contributed by atoms with E-state index >= 15 is 0 Å². The maximum Gasteiger partial charge on any atom is 0.255 e. The molecule has 3 aromatic rings. The first-order valence-electron chi connectivity index (χ1n) is 12.1. The first-order valence-corrected chi connectivity index (χ1v) is 13.5.